The molecule has 1 aliphatic rings. The highest BCUT2D eigenvalue weighted by molar-refractivity contribution is 6.33. The van der Waals surface area contributed by atoms with E-state index in [2.05, 4.69) is 5.10 Å². The van der Waals surface area contributed by atoms with Crippen LogP contribution in [-0.4, -0.2) is 42.5 Å². The highest BCUT2D eigenvalue weighted by Crippen LogP contribution is 2.20. The first kappa shape index (κ1) is 12.8. The van der Waals surface area contributed by atoms with E-state index < -0.39 is 4.92 Å². The van der Waals surface area contributed by atoms with E-state index in [4.69, 9.17) is 16.3 Å². The van der Waals surface area contributed by atoms with E-state index in [-0.39, 0.29) is 5.69 Å². The van der Waals surface area contributed by atoms with Gasteiger partial charge in [-0.05, 0) is 6.07 Å². The second-order valence-corrected chi connectivity index (χ2v) is 4.18. The zero-order chi connectivity index (χ0) is 13.0. The van der Waals surface area contributed by atoms with Gasteiger partial charge in [-0.2, -0.15) is 5.10 Å². The summed E-state index contributed by atoms with van der Waals surface area (Å²) < 4.78 is 5.20. The number of nitro groups is 1. The van der Waals surface area contributed by atoms with Gasteiger partial charge < -0.3 is 4.74 Å². The second kappa shape index (κ2) is 5.79. The van der Waals surface area contributed by atoms with Crippen molar-refractivity contribution in [1.82, 2.24) is 5.01 Å². The molecule has 0 amide bonds. The van der Waals surface area contributed by atoms with Crippen LogP contribution in [0.5, 0.6) is 0 Å². The van der Waals surface area contributed by atoms with Crippen molar-refractivity contribution in [1.29, 1.82) is 0 Å². The number of non-ortho nitro benzene ring substituents is 1. The van der Waals surface area contributed by atoms with Gasteiger partial charge in [0.05, 0.1) is 37.4 Å². The molecule has 96 valence electrons. The highest BCUT2D eigenvalue weighted by Gasteiger charge is 2.10. The third-order valence-electron chi connectivity index (χ3n) is 2.54. The number of ether oxygens (including phenoxy) is 1. The van der Waals surface area contributed by atoms with E-state index in [1.807, 2.05) is 5.01 Å². The molecule has 1 saturated heterocycles. The smallest absolute Gasteiger partial charge is 0.270 e. The maximum atomic E-state index is 10.7. The molecule has 0 aromatic heterocycles. The first-order valence-electron chi connectivity index (χ1n) is 5.47. The summed E-state index contributed by atoms with van der Waals surface area (Å²) in [7, 11) is 0. The van der Waals surface area contributed by atoms with Crippen molar-refractivity contribution < 1.29 is 9.66 Å². The fraction of sp³-hybridized carbons (Fsp3) is 0.364. The lowest BCUT2D eigenvalue weighted by atomic mass is 10.2. The van der Waals surface area contributed by atoms with E-state index in [9.17, 15) is 10.1 Å². The van der Waals surface area contributed by atoms with Crippen LogP contribution in [0.25, 0.3) is 0 Å². The third-order valence-corrected chi connectivity index (χ3v) is 2.88. The summed E-state index contributed by atoms with van der Waals surface area (Å²) in [4.78, 5) is 10.2. The van der Waals surface area contributed by atoms with Gasteiger partial charge in [0.2, 0.25) is 0 Å². The fourth-order valence-electron chi connectivity index (χ4n) is 1.56. The van der Waals surface area contributed by atoms with E-state index in [1.54, 1.807) is 6.21 Å². The van der Waals surface area contributed by atoms with Gasteiger partial charge in [0.15, 0.2) is 0 Å². The number of halogens is 1. The van der Waals surface area contributed by atoms with E-state index >= 15 is 0 Å². The van der Waals surface area contributed by atoms with Crippen LogP contribution in [0.3, 0.4) is 0 Å². The summed E-state index contributed by atoms with van der Waals surface area (Å²) >= 11 is 5.96. The van der Waals surface area contributed by atoms with Crippen LogP contribution >= 0.6 is 11.6 Å². The van der Waals surface area contributed by atoms with Gasteiger partial charge in [0, 0.05) is 22.7 Å². The van der Waals surface area contributed by atoms with Crippen LogP contribution in [0.4, 0.5) is 5.69 Å². The maximum Gasteiger partial charge on any atom is 0.270 e. The highest BCUT2D eigenvalue weighted by atomic mass is 35.5. The van der Waals surface area contributed by atoms with Crippen LogP contribution < -0.4 is 0 Å². The predicted octanol–water partition coefficient (Wildman–Crippen LogP) is 1.91. The summed E-state index contributed by atoms with van der Waals surface area (Å²) in [5.41, 5.74) is 0.542. The first-order valence-corrected chi connectivity index (χ1v) is 5.85. The molecular weight excluding hydrogens is 258 g/mol. The van der Waals surface area contributed by atoms with Gasteiger partial charge in [-0.25, -0.2) is 0 Å². The SMILES string of the molecule is O=[N+]([O-])c1ccc(Cl)c(/C=N/N2CCOCC2)c1. The standard InChI is InChI=1S/C11H12ClN3O3/c12-11-2-1-10(15(16)17)7-9(11)8-13-14-3-5-18-6-4-14/h1-2,7-8H,3-6H2/b13-8+. The Balaban J connectivity index is 2.14. The summed E-state index contributed by atoms with van der Waals surface area (Å²) in [6.07, 6.45) is 1.54. The molecule has 1 aromatic carbocycles. The topological polar surface area (TPSA) is 68.0 Å². The Morgan fingerprint density at radius 2 is 2.17 bits per heavy atom. The van der Waals surface area contributed by atoms with E-state index in [0.29, 0.717) is 36.9 Å². The molecule has 1 aromatic rings. The Labute approximate surface area is 109 Å². The molecule has 7 heteroatoms. The number of hydrogen-bond acceptors (Lipinski definition) is 5. The number of nitrogens with zero attached hydrogens (tertiary/aromatic N) is 3. The Morgan fingerprint density at radius 1 is 1.44 bits per heavy atom. The minimum Gasteiger partial charge on any atom is -0.378 e. The summed E-state index contributed by atoms with van der Waals surface area (Å²) in [5.74, 6) is 0. The maximum absolute atomic E-state index is 10.7. The van der Waals surface area contributed by atoms with Crippen molar-refractivity contribution in [2.45, 2.75) is 0 Å². The van der Waals surface area contributed by atoms with Crippen LogP contribution in [-0.2, 0) is 4.74 Å². The number of morpholine rings is 1. The molecule has 0 aliphatic carbocycles. The molecule has 18 heavy (non-hydrogen) atoms. The van der Waals surface area contributed by atoms with Crippen LogP contribution in [0.15, 0.2) is 23.3 Å². The zero-order valence-electron chi connectivity index (χ0n) is 9.58. The van der Waals surface area contributed by atoms with Gasteiger partial charge >= 0.3 is 0 Å². The normalized spacial score (nSPS) is 16.2. The molecule has 1 heterocycles. The van der Waals surface area contributed by atoms with Crippen molar-refractivity contribution in [3.8, 4) is 0 Å². The summed E-state index contributed by atoms with van der Waals surface area (Å²) in [5, 5.41) is 17.2. The largest absolute Gasteiger partial charge is 0.378 e. The molecule has 6 nitrogen and oxygen atoms in total. The van der Waals surface area contributed by atoms with Crippen molar-refractivity contribution in [2.24, 2.45) is 5.10 Å². The minimum atomic E-state index is -0.456. The molecule has 1 aliphatic heterocycles. The zero-order valence-corrected chi connectivity index (χ0v) is 10.3. The van der Waals surface area contributed by atoms with Gasteiger partial charge in [0.25, 0.3) is 5.69 Å². The quantitative estimate of drug-likeness (QED) is 0.478. The third kappa shape index (κ3) is 3.18. The molecule has 0 spiro atoms. The van der Waals surface area contributed by atoms with E-state index in [1.165, 1.54) is 18.2 Å². The fourth-order valence-corrected chi connectivity index (χ4v) is 1.72. The number of nitro benzene ring substituents is 1. The minimum absolute atomic E-state index is 0.00262. The number of hydrogen-bond donors (Lipinski definition) is 0. The van der Waals surface area contributed by atoms with Crippen molar-refractivity contribution >= 4 is 23.5 Å². The molecule has 0 atom stereocenters. The number of benzene rings is 1. The van der Waals surface area contributed by atoms with Crippen LogP contribution in [0.1, 0.15) is 5.56 Å². The van der Waals surface area contributed by atoms with Crippen LogP contribution in [0.2, 0.25) is 5.02 Å². The molecule has 1 fully saturated rings. The van der Waals surface area contributed by atoms with Crippen molar-refractivity contribution in [3.63, 3.8) is 0 Å². The van der Waals surface area contributed by atoms with Crippen molar-refractivity contribution in [3.05, 3.63) is 38.9 Å². The first-order chi connectivity index (χ1) is 8.66. The number of hydrazone groups is 1. The Morgan fingerprint density at radius 3 is 2.83 bits per heavy atom. The van der Waals surface area contributed by atoms with E-state index in [0.717, 1.165) is 0 Å². The molecule has 0 unspecified atom stereocenters. The average molecular weight is 270 g/mol. The Hall–Kier alpha value is -1.66. The lowest BCUT2D eigenvalue weighted by Crippen LogP contribution is -2.32. The molecular formula is C11H12ClN3O3. The lowest BCUT2D eigenvalue weighted by Gasteiger charge is -2.23. The monoisotopic (exact) mass is 269 g/mol. The predicted molar refractivity (Wildman–Crippen MR) is 68.1 cm³/mol. The van der Waals surface area contributed by atoms with Gasteiger partial charge in [-0.15, -0.1) is 0 Å². The van der Waals surface area contributed by atoms with Crippen LogP contribution in [0, 0.1) is 10.1 Å². The molecule has 0 saturated carbocycles. The lowest BCUT2D eigenvalue weighted by molar-refractivity contribution is -0.384. The molecule has 2 rings (SSSR count). The second-order valence-electron chi connectivity index (χ2n) is 3.77. The summed E-state index contributed by atoms with van der Waals surface area (Å²) in [6, 6.07) is 4.28. The average Bonchev–Trinajstić information content (AvgIpc) is 2.38. The molecule has 0 bridgehead atoms. The van der Waals surface area contributed by atoms with Gasteiger partial charge in [0.1, 0.15) is 0 Å². The number of rotatable bonds is 3. The molecule has 0 radical (unpaired) electrons. The van der Waals surface area contributed by atoms with Crippen molar-refractivity contribution in [2.75, 3.05) is 26.3 Å². The Kier molecular flexibility index (Phi) is 4.11. The molecule has 0 N–H and O–H groups in total. The summed E-state index contributed by atoms with van der Waals surface area (Å²) in [6.45, 7) is 2.70. The van der Waals surface area contributed by atoms with Gasteiger partial charge in [-0.1, -0.05) is 11.6 Å². The van der Waals surface area contributed by atoms with Gasteiger partial charge in [-0.3, -0.25) is 15.1 Å². The Bertz CT molecular complexity index is 473.